The van der Waals surface area contributed by atoms with Crippen molar-refractivity contribution in [2.45, 2.75) is 78.1 Å². The highest BCUT2D eigenvalue weighted by Crippen LogP contribution is 2.55. The first-order valence-electron chi connectivity index (χ1n) is 18.6. The van der Waals surface area contributed by atoms with Crippen molar-refractivity contribution < 1.29 is 23.9 Å². The number of hydrogen-bond donors (Lipinski definition) is 2. The van der Waals surface area contributed by atoms with E-state index >= 15 is 0 Å². The molecule has 3 fully saturated rings. The van der Waals surface area contributed by atoms with E-state index in [0.717, 1.165) is 62.5 Å². The molecular weight excluding hydrogens is 706 g/mol. The number of pyridine rings is 1. The summed E-state index contributed by atoms with van der Waals surface area (Å²) in [5, 5.41) is 15.1. The van der Waals surface area contributed by atoms with Crippen LogP contribution >= 0.6 is 11.6 Å². The minimum Gasteiger partial charge on any atom is -0.489 e. The second-order valence-electron chi connectivity index (χ2n) is 16.0. The number of nitrogens with zero attached hydrogens (tertiary/aromatic N) is 5. The average Bonchev–Trinajstić information content (AvgIpc) is 3.48. The molecule has 4 aliphatic rings. The topological polar surface area (TPSA) is 148 Å². The van der Waals surface area contributed by atoms with Gasteiger partial charge in [0.15, 0.2) is 0 Å². The lowest BCUT2D eigenvalue weighted by molar-refractivity contribution is -0.164. The Bertz CT molecular complexity index is 2000. The van der Waals surface area contributed by atoms with Crippen LogP contribution in [0.5, 0.6) is 5.75 Å². The monoisotopic (exact) mass is 751 g/mol. The minimum absolute atomic E-state index is 0.140. The molecule has 282 valence electrons. The van der Waals surface area contributed by atoms with Crippen LogP contribution in [0.1, 0.15) is 84.5 Å². The molecule has 0 bridgehead atoms. The van der Waals surface area contributed by atoms with Crippen molar-refractivity contribution in [3.63, 3.8) is 0 Å². The van der Waals surface area contributed by atoms with Gasteiger partial charge in [-0.25, -0.2) is 0 Å². The number of ether oxygens (including phenoxy) is 1. The zero-order valence-electron chi connectivity index (χ0n) is 31.2. The fourth-order valence-electron chi connectivity index (χ4n) is 8.99. The molecule has 3 aliphatic heterocycles. The summed E-state index contributed by atoms with van der Waals surface area (Å²) in [5.74, 6) is -0.414. The molecule has 2 saturated heterocycles. The van der Waals surface area contributed by atoms with Crippen LogP contribution in [0.15, 0.2) is 54.7 Å². The summed E-state index contributed by atoms with van der Waals surface area (Å²) in [5.41, 5.74) is 3.76. The van der Waals surface area contributed by atoms with Gasteiger partial charge in [-0.1, -0.05) is 39.3 Å². The Labute approximate surface area is 320 Å². The predicted octanol–water partition coefficient (Wildman–Crippen LogP) is 4.73. The highest BCUT2D eigenvalue weighted by Gasteiger charge is 2.64. The van der Waals surface area contributed by atoms with Gasteiger partial charge >= 0.3 is 0 Å². The van der Waals surface area contributed by atoms with Crippen LogP contribution in [-0.2, 0) is 22.6 Å². The highest BCUT2D eigenvalue weighted by molar-refractivity contribution is 6.31. The quantitative estimate of drug-likeness (QED) is 0.281. The summed E-state index contributed by atoms with van der Waals surface area (Å²) >= 11 is 6.23. The highest BCUT2D eigenvalue weighted by atomic mass is 35.5. The molecule has 1 aromatic heterocycles. The first-order chi connectivity index (χ1) is 25.8. The Hall–Kier alpha value is -4.99. The molecule has 7 rings (SSSR count). The number of benzene rings is 2. The van der Waals surface area contributed by atoms with Gasteiger partial charge < -0.3 is 19.9 Å². The van der Waals surface area contributed by atoms with E-state index in [-0.39, 0.29) is 47.1 Å². The Morgan fingerprint density at radius 2 is 1.80 bits per heavy atom. The molecule has 12 nitrogen and oxygen atoms in total. The lowest BCUT2D eigenvalue weighted by atomic mass is 9.49. The van der Waals surface area contributed by atoms with Crippen LogP contribution in [0.3, 0.4) is 0 Å². The molecule has 1 unspecified atom stereocenters. The molecule has 54 heavy (non-hydrogen) atoms. The molecule has 13 heteroatoms. The van der Waals surface area contributed by atoms with Gasteiger partial charge in [-0.15, -0.1) is 0 Å². The molecular formula is C41H46ClN7O5. The molecule has 2 N–H and O–H groups in total. The second-order valence-corrected chi connectivity index (χ2v) is 16.4. The van der Waals surface area contributed by atoms with Crippen molar-refractivity contribution in [3.8, 4) is 11.8 Å². The number of rotatable bonds is 10. The molecule has 1 atom stereocenters. The SMILES string of the molecule is CC1(C)[C@H](NC(=O)c2ccc(CCCN3CCN(c4ccc5c(c4)CN(C4CCC(=O)NC4=O)C5=O)CC3)nc2)C(C)(C)[C@H]1Oc1ccc(C#N)c(Cl)c1. The van der Waals surface area contributed by atoms with E-state index in [0.29, 0.717) is 40.4 Å². The van der Waals surface area contributed by atoms with Gasteiger partial charge in [-0.3, -0.25) is 34.4 Å². The molecule has 3 aromatic rings. The molecule has 4 amide bonds. The lowest BCUT2D eigenvalue weighted by Gasteiger charge is -2.63. The smallest absolute Gasteiger partial charge is 0.255 e. The zero-order chi connectivity index (χ0) is 38.4. The van der Waals surface area contributed by atoms with Crippen LogP contribution in [-0.4, -0.2) is 89.3 Å². The third kappa shape index (κ3) is 7.15. The Balaban J connectivity index is 0.853. The maximum atomic E-state index is 13.3. The van der Waals surface area contributed by atoms with Crippen molar-refractivity contribution in [2.75, 3.05) is 37.6 Å². The van der Waals surface area contributed by atoms with E-state index in [1.807, 2.05) is 24.3 Å². The van der Waals surface area contributed by atoms with Gasteiger partial charge in [0.05, 0.1) is 16.1 Å². The number of nitrogens with one attached hydrogen (secondary N) is 2. The first kappa shape index (κ1) is 37.3. The second kappa shape index (κ2) is 14.7. The molecule has 0 spiro atoms. The third-order valence-electron chi connectivity index (χ3n) is 11.7. The summed E-state index contributed by atoms with van der Waals surface area (Å²) in [6.07, 6.45) is 3.83. The summed E-state index contributed by atoms with van der Waals surface area (Å²) in [6.45, 7) is 13.2. The van der Waals surface area contributed by atoms with Crippen molar-refractivity contribution in [1.29, 1.82) is 5.26 Å². The number of fused-ring (bicyclic) bond motifs is 1. The lowest BCUT2D eigenvalue weighted by Crippen LogP contribution is -2.74. The van der Waals surface area contributed by atoms with E-state index < -0.39 is 11.9 Å². The summed E-state index contributed by atoms with van der Waals surface area (Å²) in [4.78, 5) is 61.4. The third-order valence-corrected chi connectivity index (χ3v) is 12.0. The number of aryl methyl sites for hydroxylation is 1. The fraction of sp³-hybridized carbons (Fsp3) is 0.463. The Morgan fingerprint density at radius 3 is 2.46 bits per heavy atom. The van der Waals surface area contributed by atoms with Crippen LogP contribution in [0.25, 0.3) is 0 Å². The molecule has 2 aromatic carbocycles. The maximum absolute atomic E-state index is 13.3. The van der Waals surface area contributed by atoms with Gasteiger partial charge in [-0.05, 0) is 73.8 Å². The van der Waals surface area contributed by atoms with E-state index in [9.17, 15) is 24.4 Å². The number of carbonyl (C=O) groups is 4. The number of aromatic nitrogens is 1. The Morgan fingerprint density at radius 1 is 1.04 bits per heavy atom. The summed E-state index contributed by atoms with van der Waals surface area (Å²) in [7, 11) is 0. The van der Waals surface area contributed by atoms with E-state index in [1.165, 1.54) is 0 Å². The number of imide groups is 1. The number of nitriles is 1. The zero-order valence-corrected chi connectivity index (χ0v) is 31.9. The van der Waals surface area contributed by atoms with Crippen LogP contribution in [0.2, 0.25) is 5.02 Å². The average molecular weight is 752 g/mol. The number of piperidine rings is 1. The largest absolute Gasteiger partial charge is 0.489 e. The maximum Gasteiger partial charge on any atom is 0.255 e. The van der Waals surface area contributed by atoms with Crippen molar-refractivity contribution in [2.24, 2.45) is 10.8 Å². The number of anilines is 1. The number of carbonyl (C=O) groups excluding carboxylic acids is 4. The minimum atomic E-state index is -0.612. The van der Waals surface area contributed by atoms with Crippen molar-refractivity contribution in [3.05, 3.63) is 87.7 Å². The standard InChI is InChI=1S/C41H46ClN7O5/c1-40(2)38(41(3,4)39(40)54-30-11-8-25(22-43)32(42)21-30)46-35(51)26-7-9-28(44-23-26)6-5-15-47-16-18-48(19-17-47)29-10-12-31-27(20-29)24-49(37(31)53)33-13-14-34(50)45-36(33)52/h7-12,20-21,23,33,38-39H,5-6,13-19,24H2,1-4H3,(H,46,51)(H,45,50,52)/t33?,38-,39-. The summed E-state index contributed by atoms with van der Waals surface area (Å²) in [6, 6.07) is 16.1. The van der Waals surface area contributed by atoms with Gasteiger partial charge in [-0.2, -0.15) is 5.26 Å². The molecule has 1 saturated carbocycles. The van der Waals surface area contributed by atoms with Gasteiger partial charge in [0.1, 0.15) is 24.0 Å². The first-order valence-corrected chi connectivity index (χ1v) is 19.0. The predicted molar refractivity (Wildman–Crippen MR) is 203 cm³/mol. The van der Waals surface area contributed by atoms with E-state index in [4.69, 9.17) is 16.3 Å². The van der Waals surface area contributed by atoms with Crippen LogP contribution in [0, 0.1) is 22.2 Å². The molecule has 0 radical (unpaired) electrons. The van der Waals surface area contributed by atoms with E-state index in [1.54, 1.807) is 29.3 Å². The van der Waals surface area contributed by atoms with Crippen molar-refractivity contribution >= 4 is 40.9 Å². The fourth-order valence-corrected chi connectivity index (χ4v) is 9.20. The Kier molecular flexibility index (Phi) is 10.1. The normalized spacial score (nSPS) is 23.3. The van der Waals surface area contributed by atoms with Crippen LogP contribution in [0.4, 0.5) is 5.69 Å². The number of piperazine rings is 1. The molecule has 1 aliphatic carbocycles. The van der Waals surface area contributed by atoms with Crippen LogP contribution < -0.4 is 20.3 Å². The number of halogens is 1. The summed E-state index contributed by atoms with van der Waals surface area (Å²) < 4.78 is 6.35. The number of hydrogen-bond acceptors (Lipinski definition) is 9. The van der Waals surface area contributed by atoms with Gasteiger partial charge in [0.2, 0.25) is 11.8 Å². The van der Waals surface area contributed by atoms with Gasteiger partial charge in [0.25, 0.3) is 11.8 Å². The van der Waals surface area contributed by atoms with Gasteiger partial charge in [0, 0.05) is 85.2 Å². The van der Waals surface area contributed by atoms with E-state index in [2.05, 4.69) is 65.2 Å². The molecule has 4 heterocycles. The number of amides is 4. The van der Waals surface area contributed by atoms with Crippen molar-refractivity contribution in [1.82, 2.24) is 25.4 Å².